The average molecular weight is 575 g/mol. The van der Waals surface area contributed by atoms with Crippen molar-refractivity contribution in [2.24, 2.45) is 5.73 Å². The van der Waals surface area contributed by atoms with Crippen molar-refractivity contribution in [3.05, 3.63) is 99.8 Å². The molecule has 4 rings (SSSR count). The summed E-state index contributed by atoms with van der Waals surface area (Å²) in [6.45, 7) is 0.371. The normalized spacial score (nSPS) is 16.2. The summed E-state index contributed by atoms with van der Waals surface area (Å²) in [5.41, 5.74) is 7.67. The highest BCUT2D eigenvalue weighted by atomic mass is 79.9. The molecule has 0 saturated carbocycles. The smallest absolute Gasteiger partial charge is 0.259 e. The molecule has 1 aliphatic rings. The molecule has 1 fully saturated rings. The second kappa shape index (κ2) is 10.9. The first-order chi connectivity index (χ1) is 17.2. The Kier molecular flexibility index (Phi) is 7.84. The third-order valence-electron chi connectivity index (χ3n) is 5.83. The number of nitrogens with zero attached hydrogens (tertiary/aromatic N) is 2. The summed E-state index contributed by atoms with van der Waals surface area (Å²) < 4.78 is 42.0. The maximum absolute atomic E-state index is 13.4. The van der Waals surface area contributed by atoms with Crippen LogP contribution in [0.4, 0.5) is 4.39 Å². The van der Waals surface area contributed by atoms with E-state index in [0.29, 0.717) is 12.1 Å². The lowest BCUT2D eigenvalue weighted by Gasteiger charge is -2.29. The van der Waals surface area contributed by atoms with Gasteiger partial charge in [0, 0.05) is 36.2 Å². The number of amides is 2. The number of carbonyl (C=O) groups is 2. The number of hydrogen-bond donors (Lipinski definition) is 2. The van der Waals surface area contributed by atoms with E-state index in [1.165, 1.54) is 4.90 Å². The molecule has 1 unspecified atom stereocenters. The van der Waals surface area contributed by atoms with Crippen molar-refractivity contribution in [3.8, 4) is 0 Å². The lowest BCUT2D eigenvalue weighted by molar-refractivity contribution is -0.127. The Labute approximate surface area is 217 Å². The van der Waals surface area contributed by atoms with Gasteiger partial charge in [0.05, 0.1) is 4.90 Å². The lowest BCUT2D eigenvalue weighted by Crippen LogP contribution is -2.53. The van der Waals surface area contributed by atoms with Crippen molar-refractivity contribution in [3.63, 3.8) is 0 Å². The van der Waals surface area contributed by atoms with Gasteiger partial charge in [0.2, 0.25) is 10.0 Å². The Balaban J connectivity index is 1.65. The Hall–Kier alpha value is -3.12. The van der Waals surface area contributed by atoms with E-state index in [4.69, 9.17) is 5.73 Å². The van der Waals surface area contributed by atoms with Crippen LogP contribution in [0.15, 0.2) is 82.2 Å². The van der Waals surface area contributed by atoms with E-state index in [-0.39, 0.29) is 24.5 Å². The minimum absolute atomic E-state index is 0.00999. The number of halogens is 2. The van der Waals surface area contributed by atoms with E-state index in [1.54, 1.807) is 24.3 Å². The summed E-state index contributed by atoms with van der Waals surface area (Å²) >= 11 is 3.32. The van der Waals surface area contributed by atoms with Gasteiger partial charge in [0.25, 0.3) is 11.8 Å². The minimum atomic E-state index is -4.21. The summed E-state index contributed by atoms with van der Waals surface area (Å²) in [5.74, 6) is -1.72. The molecule has 3 N–H and O–H groups in total. The Morgan fingerprint density at radius 3 is 2.33 bits per heavy atom. The number of nitrogens with one attached hydrogen (secondary N) is 1. The maximum Gasteiger partial charge on any atom is 0.259 e. The first-order valence-electron chi connectivity index (χ1n) is 11.1. The zero-order chi connectivity index (χ0) is 25.9. The second-order valence-electron chi connectivity index (χ2n) is 8.19. The van der Waals surface area contributed by atoms with Crippen LogP contribution in [0.2, 0.25) is 0 Å². The van der Waals surface area contributed by atoms with Gasteiger partial charge < -0.3 is 16.0 Å². The SMILES string of the molecule is NCc1cccc(CNC(=O)C2N(C(=O)c3ccc(Br)cc3)CCN2S(=O)(=O)c2ccc(F)cc2)c1. The summed E-state index contributed by atoms with van der Waals surface area (Å²) in [6, 6.07) is 18.2. The topological polar surface area (TPSA) is 113 Å². The van der Waals surface area contributed by atoms with Gasteiger partial charge in [0.1, 0.15) is 5.82 Å². The van der Waals surface area contributed by atoms with Gasteiger partial charge in [-0.15, -0.1) is 0 Å². The molecule has 1 heterocycles. The van der Waals surface area contributed by atoms with Crippen LogP contribution in [-0.2, 0) is 27.9 Å². The minimum Gasteiger partial charge on any atom is -0.349 e. The van der Waals surface area contributed by atoms with Gasteiger partial charge in [-0.05, 0) is 59.7 Å². The van der Waals surface area contributed by atoms with Crippen LogP contribution in [0.3, 0.4) is 0 Å². The van der Waals surface area contributed by atoms with Crippen LogP contribution >= 0.6 is 15.9 Å². The molecule has 0 radical (unpaired) electrons. The molecule has 3 aromatic rings. The average Bonchev–Trinajstić information content (AvgIpc) is 3.34. The number of hydrogen-bond acceptors (Lipinski definition) is 5. The highest BCUT2D eigenvalue weighted by Gasteiger charge is 2.46. The fraction of sp³-hybridized carbons (Fsp3) is 0.200. The molecule has 1 atom stereocenters. The molecule has 0 spiro atoms. The number of sulfonamides is 1. The fourth-order valence-corrected chi connectivity index (χ4v) is 5.80. The number of carbonyl (C=O) groups excluding carboxylic acids is 2. The van der Waals surface area contributed by atoms with E-state index in [0.717, 1.165) is 44.2 Å². The molecule has 2 amide bonds. The number of rotatable bonds is 7. The molecule has 36 heavy (non-hydrogen) atoms. The molecule has 0 aromatic heterocycles. The van der Waals surface area contributed by atoms with Crippen molar-refractivity contribution < 1.29 is 22.4 Å². The summed E-state index contributed by atoms with van der Waals surface area (Å²) in [7, 11) is -4.21. The fourth-order valence-electron chi connectivity index (χ4n) is 3.99. The van der Waals surface area contributed by atoms with Crippen LogP contribution in [0.25, 0.3) is 0 Å². The first kappa shape index (κ1) is 26.0. The molecule has 0 bridgehead atoms. The monoisotopic (exact) mass is 574 g/mol. The Morgan fingerprint density at radius 2 is 1.67 bits per heavy atom. The van der Waals surface area contributed by atoms with E-state index < -0.39 is 33.8 Å². The molecule has 0 aliphatic carbocycles. The van der Waals surface area contributed by atoms with Crippen LogP contribution in [0.5, 0.6) is 0 Å². The van der Waals surface area contributed by atoms with E-state index in [1.807, 2.05) is 24.3 Å². The lowest BCUT2D eigenvalue weighted by atomic mass is 10.1. The quantitative estimate of drug-likeness (QED) is 0.450. The highest BCUT2D eigenvalue weighted by molar-refractivity contribution is 9.10. The highest BCUT2D eigenvalue weighted by Crippen LogP contribution is 2.27. The van der Waals surface area contributed by atoms with E-state index in [2.05, 4.69) is 21.2 Å². The summed E-state index contributed by atoms with van der Waals surface area (Å²) in [4.78, 5) is 27.8. The van der Waals surface area contributed by atoms with Crippen molar-refractivity contribution >= 4 is 37.8 Å². The van der Waals surface area contributed by atoms with Crippen LogP contribution < -0.4 is 11.1 Å². The molecule has 8 nitrogen and oxygen atoms in total. The Bertz CT molecular complexity index is 1370. The zero-order valence-corrected chi connectivity index (χ0v) is 21.5. The third-order valence-corrected chi connectivity index (χ3v) is 8.23. The Morgan fingerprint density at radius 1 is 1.00 bits per heavy atom. The van der Waals surface area contributed by atoms with Gasteiger partial charge in [-0.2, -0.15) is 4.31 Å². The molecular weight excluding hydrogens is 551 g/mol. The van der Waals surface area contributed by atoms with Crippen molar-refractivity contribution in [2.45, 2.75) is 24.2 Å². The second-order valence-corrected chi connectivity index (χ2v) is 11.0. The number of nitrogens with two attached hydrogens (primary N) is 1. The predicted octanol–water partition coefficient (Wildman–Crippen LogP) is 2.84. The summed E-state index contributed by atoms with van der Waals surface area (Å²) in [6.07, 6.45) is -1.42. The van der Waals surface area contributed by atoms with Gasteiger partial charge in [0.15, 0.2) is 6.17 Å². The largest absolute Gasteiger partial charge is 0.349 e. The third kappa shape index (κ3) is 5.49. The van der Waals surface area contributed by atoms with Gasteiger partial charge in [-0.3, -0.25) is 9.59 Å². The van der Waals surface area contributed by atoms with Crippen molar-refractivity contribution in [2.75, 3.05) is 13.1 Å². The molecule has 1 aliphatic heterocycles. The van der Waals surface area contributed by atoms with Gasteiger partial charge in [-0.1, -0.05) is 40.2 Å². The predicted molar refractivity (Wildman–Crippen MR) is 135 cm³/mol. The molecule has 188 valence electrons. The molecule has 1 saturated heterocycles. The van der Waals surface area contributed by atoms with Crippen molar-refractivity contribution in [1.82, 2.24) is 14.5 Å². The summed E-state index contributed by atoms with van der Waals surface area (Å²) in [5, 5.41) is 2.75. The van der Waals surface area contributed by atoms with E-state index >= 15 is 0 Å². The molecule has 11 heteroatoms. The maximum atomic E-state index is 13.4. The zero-order valence-electron chi connectivity index (χ0n) is 19.1. The molecular formula is C25H24BrFN4O4S. The first-order valence-corrected chi connectivity index (χ1v) is 13.3. The van der Waals surface area contributed by atoms with Crippen LogP contribution in [-0.4, -0.2) is 48.7 Å². The van der Waals surface area contributed by atoms with E-state index in [9.17, 15) is 22.4 Å². The van der Waals surface area contributed by atoms with Gasteiger partial charge in [-0.25, -0.2) is 12.8 Å². The molecule has 3 aromatic carbocycles. The van der Waals surface area contributed by atoms with Crippen LogP contribution in [0, 0.1) is 5.82 Å². The number of benzene rings is 3. The van der Waals surface area contributed by atoms with Crippen LogP contribution in [0.1, 0.15) is 21.5 Å². The van der Waals surface area contributed by atoms with Crippen molar-refractivity contribution in [1.29, 1.82) is 0 Å². The standard InChI is InChI=1S/C25H24BrFN4O4S/c26-20-6-4-19(5-7-20)25(33)30-12-13-31(36(34,35)22-10-8-21(27)9-11-22)24(30)23(32)29-16-18-3-1-2-17(14-18)15-28/h1-11,14,24H,12-13,15-16,28H2,(H,29,32). The van der Waals surface area contributed by atoms with Gasteiger partial charge >= 0.3 is 0 Å².